The van der Waals surface area contributed by atoms with Crippen molar-refractivity contribution in [3.05, 3.63) is 88.7 Å². The van der Waals surface area contributed by atoms with Crippen molar-refractivity contribution < 1.29 is 28.2 Å². The number of nitrogens with zero attached hydrogens (tertiary/aromatic N) is 2. The Labute approximate surface area is 263 Å². The monoisotopic (exact) mass is 613 g/mol. The molecule has 3 aromatic rings. The molecule has 2 saturated heterocycles. The number of aryl methyl sites for hydroxylation is 2. The zero-order valence-electron chi connectivity index (χ0n) is 26.3. The highest BCUT2D eigenvalue weighted by Gasteiger charge is 2.51. The number of halogens is 1. The van der Waals surface area contributed by atoms with E-state index in [9.17, 15) is 14.4 Å². The number of ether oxygens (including phenoxy) is 2. The summed E-state index contributed by atoms with van der Waals surface area (Å²) >= 11 is 0. The van der Waals surface area contributed by atoms with Gasteiger partial charge in [0.2, 0.25) is 11.8 Å². The maximum atomic E-state index is 15.3. The smallest absolute Gasteiger partial charge is 0.252 e. The number of piperidine rings is 2. The number of benzene rings is 3. The van der Waals surface area contributed by atoms with Gasteiger partial charge in [-0.3, -0.25) is 19.7 Å². The summed E-state index contributed by atoms with van der Waals surface area (Å²) in [6, 6.07) is 19.2. The second-order valence-electron chi connectivity index (χ2n) is 12.8. The van der Waals surface area contributed by atoms with E-state index in [1.807, 2.05) is 12.1 Å². The zero-order chi connectivity index (χ0) is 31.9. The van der Waals surface area contributed by atoms with Gasteiger partial charge in [0.1, 0.15) is 35.6 Å². The minimum Gasteiger partial charge on any atom is -0.490 e. The lowest BCUT2D eigenvalue weighted by molar-refractivity contribution is -0.152. The van der Waals surface area contributed by atoms with Crippen LogP contribution in [0.25, 0.3) is 0 Å². The number of para-hydroxylation sites is 1. The Morgan fingerprint density at radius 2 is 1.87 bits per heavy atom. The molecule has 1 N–H and O–H groups in total. The Morgan fingerprint density at radius 1 is 1.07 bits per heavy atom. The Morgan fingerprint density at radius 3 is 2.60 bits per heavy atom. The van der Waals surface area contributed by atoms with Gasteiger partial charge in [0, 0.05) is 61.2 Å². The molecule has 4 atom stereocenters. The van der Waals surface area contributed by atoms with Gasteiger partial charge in [-0.15, -0.1) is 0 Å². The Hall–Kier alpha value is -4.40. The number of carbonyl (C=O) groups is 3. The molecule has 0 spiro atoms. The number of hydrogen-bond acceptors (Lipinski definition) is 6. The van der Waals surface area contributed by atoms with E-state index in [0.29, 0.717) is 34.6 Å². The van der Waals surface area contributed by atoms with Crippen LogP contribution in [0, 0.1) is 25.6 Å². The third kappa shape index (κ3) is 6.26. The number of imide groups is 1. The van der Waals surface area contributed by atoms with Crippen LogP contribution in [-0.2, 0) is 27.5 Å². The van der Waals surface area contributed by atoms with Crippen LogP contribution >= 0.6 is 0 Å². The second-order valence-corrected chi connectivity index (χ2v) is 12.8. The van der Waals surface area contributed by atoms with E-state index < -0.39 is 17.3 Å². The summed E-state index contributed by atoms with van der Waals surface area (Å²) in [5, 5.41) is 2.35. The number of amides is 3. The third-order valence-corrected chi connectivity index (χ3v) is 9.71. The molecule has 3 aromatic carbocycles. The minimum absolute atomic E-state index is 0.0193. The van der Waals surface area contributed by atoms with E-state index in [-0.39, 0.29) is 43.9 Å². The molecular weight excluding hydrogens is 573 g/mol. The van der Waals surface area contributed by atoms with Crippen LogP contribution < -0.4 is 19.7 Å². The summed E-state index contributed by atoms with van der Waals surface area (Å²) in [7, 11) is 0. The van der Waals surface area contributed by atoms with Crippen LogP contribution in [0.2, 0.25) is 0 Å². The highest BCUT2D eigenvalue weighted by molar-refractivity contribution is 6.03. The Bertz CT molecular complexity index is 1640. The molecular formula is C36H40FN3O5. The van der Waals surface area contributed by atoms with Crippen LogP contribution in [-0.4, -0.2) is 46.9 Å². The van der Waals surface area contributed by atoms with E-state index in [0.717, 1.165) is 19.4 Å². The van der Waals surface area contributed by atoms with Crippen molar-refractivity contribution in [2.24, 2.45) is 5.92 Å². The first kappa shape index (κ1) is 30.6. The van der Waals surface area contributed by atoms with E-state index >= 15 is 4.39 Å². The van der Waals surface area contributed by atoms with E-state index in [1.165, 1.54) is 34.7 Å². The second kappa shape index (κ2) is 12.2. The molecule has 236 valence electrons. The number of anilines is 1. The largest absolute Gasteiger partial charge is 0.490 e. The van der Waals surface area contributed by atoms with E-state index in [1.54, 1.807) is 31.2 Å². The van der Waals surface area contributed by atoms with Crippen molar-refractivity contribution in [3.63, 3.8) is 0 Å². The molecule has 1 saturated carbocycles. The molecule has 45 heavy (non-hydrogen) atoms. The van der Waals surface area contributed by atoms with Crippen molar-refractivity contribution >= 4 is 23.4 Å². The van der Waals surface area contributed by atoms with Crippen LogP contribution in [0.15, 0.2) is 60.7 Å². The van der Waals surface area contributed by atoms with Crippen molar-refractivity contribution in [3.8, 4) is 11.5 Å². The van der Waals surface area contributed by atoms with Gasteiger partial charge in [-0.05, 0) is 75.1 Å². The van der Waals surface area contributed by atoms with Gasteiger partial charge in [0.15, 0.2) is 0 Å². The summed E-state index contributed by atoms with van der Waals surface area (Å²) < 4.78 is 27.6. The molecule has 9 heteroatoms. The highest BCUT2D eigenvalue weighted by Crippen LogP contribution is 2.47. The van der Waals surface area contributed by atoms with E-state index in [2.05, 4.69) is 42.3 Å². The maximum absolute atomic E-state index is 15.3. The summed E-state index contributed by atoms with van der Waals surface area (Å²) in [6.07, 6.45) is 2.39. The van der Waals surface area contributed by atoms with Gasteiger partial charge >= 0.3 is 0 Å². The standard InChI is InChI=1S/C36H40FN3O5/c1-22-9-11-27(17-23(22)2)39-16-14-33(29-19-31(29)39)45-28-12-10-26(30(37)18-28)21-44-32-8-6-5-7-25(32)20-40(24(3)41)36(4)15-13-34(42)38-35(36)43/h5-12,17-18,29,31,33H,13-16,19-21H2,1-4H3,(H,38,42,43)/t29?,31?,33?,36-/m0/s1. The molecule has 6 rings (SSSR count). The fourth-order valence-corrected chi connectivity index (χ4v) is 6.65. The van der Waals surface area contributed by atoms with Crippen molar-refractivity contribution in [1.82, 2.24) is 10.2 Å². The summed E-state index contributed by atoms with van der Waals surface area (Å²) in [5.74, 6) is -0.131. The molecule has 0 radical (unpaired) electrons. The molecule has 3 amide bonds. The molecule has 8 nitrogen and oxygen atoms in total. The van der Waals surface area contributed by atoms with Crippen LogP contribution in [0.3, 0.4) is 0 Å². The van der Waals surface area contributed by atoms with Gasteiger partial charge in [-0.25, -0.2) is 4.39 Å². The number of nitrogens with one attached hydrogen (secondary N) is 1. The zero-order valence-corrected chi connectivity index (χ0v) is 26.3. The third-order valence-electron chi connectivity index (χ3n) is 9.71. The van der Waals surface area contributed by atoms with Crippen LogP contribution in [0.5, 0.6) is 11.5 Å². The topological polar surface area (TPSA) is 88.2 Å². The van der Waals surface area contributed by atoms with Crippen LogP contribution in [0.1, 0.15) is 61.8 Å². The summed E-state index contributed by atoms with van der Waals surface area (Å²) in [6.45, 7) is 8.33. The van der Waals surface area contributed by atoms with Gasteiger partial charge in [0.25, 0.3) is 5.91 Å². The highest BCUT2D eigenvalue weighted by atomic mass is 19.1. The molecule has 2 heterocycles. The molecule has 3 aliphatic rings. The minimum atomic E-state index is -1.17. The average molecular weight is 614 g/mol. The average Bonchev–Trinajstić information content (AvgIpc) is 3.81. The first-order chi connectivity index (χ1) is 21.5. The Kier molecular flexibility index (Phi) is 8.29. The number of carbonyl (C=O) groups excluding carboxylic acids is 3. The van der Waals surface area contributed by atoms with Gasteiger partial charge in [-0.2, -0.15) is 0 Å². The Balaban J connectivity index is 1.08. The summed E-state index contributed by atoms with van der Waals surface area (Å²) in [5.41, 5.74) is 3.73. The molecule has 3 fully saturated rings. The lowest BCUT2D eigenvalue weighted by atomic mass is 9.88. The summed E-state index contributed by atoms with van der Waals surface area (Å²) in [4.78, 5) is 41.1. The molecule has 0 aromatic heterocycles. The van der Waals surface area contributed by atoms with Crippen LogP contribution in [0.4, 0.5) is 10.1 Å². The normalized spacial score (nSPS) is 24.0. The van der Waals surface area contributed by atoms with Crippen molar-refractivity contribution in [2.75, 3.05) is 11.4 Å². The fraction of sp³-hybridized carbons (Fsp3) is 0.417. The molecule has 2 aliphatic heterocycles. The van der Waals surface area contributed by atoms with Crippen molar-refractivity contribution in [2.45, 2.75) is 84.2 Å². The predicted octanol–water partition coefficient (Wildman–Crippen LogP) is 5.61. The predicted molar refractivity (Wildman–Crippen MR) is 168 cm³/mol. The van der Waals surface area contributed by atoms with E-state index in [4.69, 9.17) is 9.47 Å². The van der Waals surface area contributed by atoms with Gasteiger partial charge in [-0.1, -0.05) is 24.3 Å². The van der Waals surface area contributed by atoms with Crippen molar-refractivity contribution in [1.29, 1.82) is 0 Å². The van der Waals surface area contributed by atoms with Gasteiger partial charge in [0.05, 0.1) is 6.54 Å². The number of hydrogen-bond donors (Lipinski definition) is 1. The quantitative estimate of drug-likeness (QED) is 0.316. The first-order valence-electron chi connectivity index (χ1n) is 15.7. The molecule has 1 aliphatic carbocycles. The SMILES string of the molecule is CC(=O)N(Cc1ccccc1OCc1ccc(OC2CCN(c3ccc(C)c(C)c3)C3CC23)cc1F)[C@@]1(C)CCC(=O)NC1=O. The maximum Gasteiger partial charge on any atom is 0.252 e. The lowest BCUT2D eigenvalue weighted by Crippen LogP contribution is -2.62. The number of fused-ring (bicyclic) bond motifs is 1. The molecule has 3 unspecified atom stereocenters. The number of rotatable bonds is 9. The van der Waals surface area contributed by atoms with Gasteiger partial charge < -0.3 is 19.3 Å². The lowest BCUT2D eigenvalue weighted by Gasteiger charge is -2.41. The fourth-order valence-electron chi connectivity index (χ4n) is 6.65. The first-order valence-corrected chi connectivity index (χ1v) is 15.7. The molecule has 0 bridgehead atoms.